The number of aliphatic hydroxyl groups is 1. The Hall–Kier alpha value is -1.60. The van der Waals surface area contributed by atoms with Crippen LogP contribution in [0.4, 0.5) is 0 Å². The Balaban J connectivity index is 2.11. The third kappa shape index (κ3) is 2.70. The van der Waals surface area contributed by atoms with E-state index in [0.29, 0.717) is 11.8 Å². The van der Waals surface area contributed by atoms with Crippen molar-refractivity contribution >= 4 is 0 Å². The van der Waals surface area contributed by atoms with Gasteiger partial charge in [-0.15, -0.1) is 0 Å². The van der Waals surface area contributed by atoms with E-state index in [-0.39, 0.29) is 6.61 Å². The van der Waals surface area contributed by atoms with Crippen LogP contribution in [-0.2, 0) is 6.42 Å². The summed E-state index contributed by atoms with van der Waals surface area (Å²) < 4.78 is 0. The molecule has 0 saturated heterocycles. The topological polar surface area (TPSA) is 20.2 Å². The number of fused-ring (bicyclic) bond motifs is 1. The molecule has 0 spiro atoms. The van der Waals surface area contributed by atoms with Crippen LogP contribution in [0.2, 0.25) is 0 Å². The molecule has 1 aliphatic carbocycles. The van der Waals surface area contributed by atoms with Crippen LogP contribution in [0.15, 0.2) is 30.3 Å². The molecule has 3 rings (SSSR count). The molecule has 0 heterocycles. The number of hydrogen-bond donors (Lipinski definition) is 1. The number of benzene rings is 2. The Labute approximate surface area is 134 Å². The van der Waals surface area contributed by atoms with Crippen molar-refractivity contribution in [2.24, 2.45) is 5.92 Å². The van der Waals surface area contributed by atoms with Gasteiger partial charge in [0.2, 0.25) is 0 Å². The van der Waals surface area contributed by atoms with Crippen molar-refractivity contribution in [3.63, 3.8) is 0 Å². The minimum atomic E-state index is 0.285. The summed E-state index contributed by atoms with van der Waals surface area (Å²) in [5.74, 6) is 0.792. The quantitative estimate of drug-likeness (QED) is 0.857. The molecule has 1 nitrogen and oxygen atoms in total. The lowest BCUT2D eigenvalue weighted by atomic mass is 9.73. The molecule has 0 bridgehead atoms. The van der Waals surface area contributed by atoms with Gasteiger partial charge in [-0.2, -0.15) is 0 Å². The molecule has 2 atom stereocenters. The van der Waals surface area contributed by atoms with Gasteiger partial charge in [0.05, 0.1) is 0 Å². The highest BCUT2D eigenvalue weighted by Gasteiger charge is 2.28. The first-order valence-corrected chi connectivity index (χ1v) is 8.27. The van der Waals surface area contributed by atoms with E-state index in [9.17, 15) is 5.11 Å². The second-order valence-corrected chi connectivity index (χ2v) is 7.02. The molecular weight excluding hydrogens is 268 g/mol. The van der Waals surface area contributed by atoms with E-state index in [1.54, 1.807) is 0 Å². The molecule has 2 aromatic carbocycles. The maximum absolute atomic E-state index is 9.70. The number of aryl methyl sites for hydroxylation is 4. The van der Waals surface area contributed by atoms with Gasteiger partial charge in [-0.05, 0) is 85.4 Å². The fourth-order valence-electron chi connectivity index (χ4n) is 3.69. The highest BCUT2D eigenvalue weighted by Crippen LogP contribution is 2.40. The van der Waals surface area contributed by atoms with Crippen LogP contribution >= 0.6 is 0 Å². The molecule has 22 heavy (non-hydrogen) atoms. The summed E-state index contributed by atoms with van der Waals surface area (Å²) in [6.45, 7) is 9.02. The molecule has 0 amide bonds. The molecule has 116 valence electrons. The smallest absolute Gasteiger partial charge is 0.0462 e. The monoisotopic (exact) mass is 294 g/mol. The van der Waals surface area contributed by atoms with E-state index in [4.69, 9.17) is 0 Å². The van der Waals surface area contributed by atoms with E-state index in [1.807, 2.05) is 0 Å². The second kappa shape index (κ2) is 5.89. The Morgan fingerprint density at radius 2 is 1.59 bits per heavy atom. The van der Waals surface area contributed by atoms with E-state index in [1.165, 1.54) is 38.9 Å². The van der Waals surface area contributed by atoms with Crippen LogP contribution in [0.5, 0.6) is 0 Å². The standard InChI is InChI=1S/C21H26O/c1-13-5-6-18(7-14(13)2)21-11-17(12-22)10-19-8-15(3)16(4)9-20(19)21/h5-9,17,21-22H,10-12H2,1-4H3. The number of hydrogen-bond acceptors (Lipinski definition) is 1. The number of aliphatic hydroxyl groups excluding tert-OH is 1. The summed E-state index contributed by atoms with van der Waals surface area (Å²) in [5.41, 5.74) is 9.72. The highest BCUT2D eigenvalue weighted by molar-refractivity contribution is 5.46. The van der Waals surface area contributed by atoms with Crippen LogP contribution in [0.3, 0.4) is 0 Å². The van der Waals surface area contributed by atoms with Crippen molar-refractivity contribution in [1.29, 1.82) is 0 Å². The number of rotatable bonds is 2. The summed E-state index contributed by atoms with van der Waals surface area (Å²) in [5, 5.41) is 9.70. The first-order valence-electron chi connectivity index (χ1n) is 8.27. The molecule has 0 radical (unpaired) electrons. The van der Waals surface area contributed by atoms with E-state index in [0.717, 1.165) is 12.8 Å². The normalized spacial score (nSPS) is 20.8. The first-order chi connectivity index (χ1) is 10.5. The van der Waals surface area contributed by atoms with Gasteiger partial charge in [0.1, 0.15) is 0 Å². The molecule has 1 N–H and O–H groups in total. The Morgan fingerprint density at radius 3 is 2.27 bits per heavy atom. The minimum absolute atomic E-state index is 0.285. The molecule has 0 aromatic heterocycles. The minimum Gasteiger partial charge on any atom is -0.396 e. The van der Waals surface area contributed by atoms with Gasteiger partial charge in [0.15, 0.2) is 0 Å². The maximum Gasteiger partial charge on any atom is 0.0462 e. The largest absolute Gasteiger partial charge is 0.396 e. The SMILES string of the molecule is Cc1ccc(C2CC(CO)Cc3cc(C)c(C)cc32)cc1C. The van der Waals surface area contributed by atoms with Gasteiger partial charge in [0.25, 0.3) is 0 Å². The lowest BCUT2D eigenvalue weighted by Crippen LogP contribution is -2.22. The molecule has 1 heteroatoms. The van der Waals surface area contributed by atoms with Crippen molar-refractivity contribution < 1.29 is 5.11 Å². The van der Waals surface area contributed by atoms with Gasteiger partial charge in [-0.1, -0.05) is 30.3 Å². The van der Waals surface area contributed by atoms with Gasteiger partial charge in [-0.3, -0.25) is 0 Å². The third-order valence-electron chi connectivity index (χ3n) is 5.40. The van der Waals surface area contributed by atoms with Crippen molar-refractivity contribution in [1.82, 2.24) is 0 Å². The fourth-order valence-corrected chi connectivity index (χ4v) is 3.69. The van der Waals surface area contributed by atoms with Crippen molar-refractivity contribution in [3.8, 4) is 0 Å². The van der Waals surface area contributed by atoms with Crippen LogP contribution < -0.4 is 0 Å². The van der Waals surface area contributed by atoms with Crippen LogP contribution in [0.1, 0.15) is 51.3 Å². The van der Waals surface area contributed by atoms with E-state index >= 15 is 0 Å². The molecule has 2 aromatic rings. The van der Waals surface area contributed by atoms with Crippen LogP contribution in [-0.4, -0.2) is 11.7 Å². The zero-order valence-corrected chi connectivity index (χ0v) is 14.1. The lowest BCUT2D eigenvalue weighted by molar-refractivity contribution is 0.208. The predicted molar refractivity (Wildman–Crippen MR) is 92.6 cm³/mol. The predicted octanol–water partition coefficient (Wildman–Crippen LogP) is 4.61. The summed E-state index contributed by atoms with van der Waals surface area (Å²) in [6, 6.07) is 11.5. The van der Waals surface area contributed by atoms with Crippen LogP contribution in [0, 0.1) is 33.6 Å². The lowest BCUT2D eigenvalue weighted by Gasteiger charge is -2.32. The summed E-state index contributed by atoms with van der Waals surface area (Å²) in [4.78, 5) is 0. The van der Waals surface area contributed by atoms with Crippen molar-refractivity contribution in [2.45, 2.75) is 46.5 Å². The first kappa shape index (κ1) is 15.3. The van der Waals surface area contributed by atoms with Crippen molar-refractivity contribution in [3.05, 3.63) is 69.3 Å². The molecule has 0 saturated carbocycles. The Morgan fingerprint density at radius 1 is 0.909 bits per heavy atom. The Bertz CT molecular complexity index is 699. The van der Waals surface area contributed by atoms with Gasteiger partial charge in [0, 0.05) is 12.5 Å². The zero-order valence-electron chi connectivity index (χ0n) is 14.1. The molecular formula is C21H26O. The average Bonchev–Trinajstić information content (AvgIpc) is 2.50. The summed E-state index contributed by atoms with van der Waals surface area (Å²) >= 11 is 0. The molecule has 0 fully saturated rings. The van der Waals surface area contributed by atoms with E-state index in [2.05, 4.69) is 58.0 Å². The summed E-state index contributed by atoms with van der Waals surface area (Å²) in [6.07, 6.45) is 2.06. The van der Waals surface area contributed by atoms with Gasteiger partial charge < -0.3 is 5.11 Å². The zero-order chi connectivity index (χ0) is 15.9. The van der Waals surface area contributed by atoms with Crippen LogP contribution in [0.25, 0.3) is 0 Å². The third-order valence-corrected chi connectivity index (χ3v) is 5.40. The molecule has 0 aliphatic heterocycles. The highest BCUT2D eigenvalue weighted by atomic mass is 16.3. The molecule has 1 aliphatic rings. The fraction of sp³-hybridized carbons (Fsp3) is 0.429. The maximum atomic E-state index is 9.70. The average molecular weight is 294 g/mol. The Kier molecular flexibility index (Phi) is 4.10. The van der Waals surface area contributed by atoms with Gasteiger partial charge >= 0.3 is 0 Å². The van der Waals surface area contributed by atoms with Crippen molar-refractivity contribution in [2.75, 3.05) is 6.61 Å². The molecule has 2 unspecified atom stereocenters. The van der Waals surface area contributed by atoms with Gasteiger partial charge in [-0.25, -0.2) is 0 Å². The summed E-state index contributed by atoms with van der Waals surface area (Å²) in [7, 11) is 0. The van der Waals surface area contributed by atoms with E-state index < -0.39 is 0 Å². The second-order valence-electron chi connectivity index (χ2n) is 7.02.